The number of phosphoric acid groups is 1. The Morgan fingerprint density at radius 2 is 2.07 bits per heavy atom. The maximum atomic E-state index is 10.9. The maximum absolute atomic E-state index is 10.9. The molecule has 0 aliphatic carbocycles. The Morgan fingerprint density at radius 3 is 2.75 bits per heavy atom. The third-order valence-corrected chi connectivity index (χ3v) is 4.93. The number of aliphatic hydroxyl groups excluding tert-OH is 2. The molecule has 13 heteroatoms. The molecule has 6 N–H and O–H groups in total. The molecule has 1 fully saturated rings. The highest BCUT2D eigenvalue weighted by Gasteiger charge is 2.45. The number of phosphoric ester groups is 1. The van der Waals surface area contributed by atoms with Gasteiger partial charge in [0.2, 0.25) is 0 Å². The van der Waals surface area contributed by atoms with Gasteiger partial charge in [0.05, 0.1) is 18.3 Å². The van der Waals surface area contributed by atoms with Gasteiger partial charge in [0.15, 0.2) is 6.23 Å². The Kier molecular flexibility index (Phi) is 4.71. The molecule has 4 unspecified atom stereocenters. The molecule has 0 radical (unpaired) electrons. The van der Waals surface area contributed by atoms with E-state index in [0.29, 0.717) is 22.4 Å². The van der Waals surface area contributed by atoms with E-state index in [1.165, 1.54) is 17.2 Å². The molecule has 1 saturated heterocycles. The predicted molar refractivity (Wildman–Crippen MR) is 93.6 cm³/mol. The van der Waals surface area contributed by atoms with Crippen LogP contribution in [0.25, 0.3) is 22.4 Å². The van der Waals surface area contributed by atoms with E-state index in [-0.39, 0.29) is 5.82 Å². The fourth-order valence-electron chi connectivity index (χ4n) is 3.19. The van der Waals surface area contributed by atoms with Gasteiger partial charge in [0.1, 0.15) is 41.9 Å². The number of furan rings is 1. The summed E-state index contributed by atoms with van der Waals surface area (Å²) in [6.07, 6.45) is -0.828. The van der Waals surface area contributed by atoms with Gasteiger partial charge in [-0.2, -0.15) is 0 Å². The number of aromatic nitrogens is 3. The number of fused-ring (bicyclic) bond motifs is 1. The third-order valence-electron chi connectivity index (χ3n) is 4.44. The van der Waals surface area contributed by atoms with Crippen LogP contribution in [-0.4, -0.2) is 59.5 Å². The lowest BCUT2D eigenvalue weighted by Gasteiger charge is -2.17. The third kappa shape index (κ3) is 3.31. The minimum absolute atomic E-state index is 0.185. The zero-order chi connectivity index (χ0) is 20.1. The first-order valence-electron chi connectivity index (χ1n) is 8.13. The standard InChI is InChI=1S/C15H17N4O8P/c16-13-10-7(8-2-1-3-25-8)4-19(14(10)18-6-17-13)15-12(21)11(20)9(27-15)5-26-28(22,23)24/h1-4,6,9,11-12,15,20-21H,5H2,(H2,16,17,18)(H2,22,23,24). The summed E-state index contributed by atoms with van der Waals surface area (Å²) in [7, 11) is -4.76. The lowest BCUT2D eigenvalue weighted by atomic mass is 10.1. The van der Waals surface area contributed by atoms with Gasteiger partial charge in [0.25, 0.3) is 0 Å². The molecule has 28 heavy (non-hydrogen) atoms. The topological polar surface area (TPSA) is 186 Å². The molecule has 0 bridgehead atoms. The van der Waals surface area contributed by atoms with Gasteiger partial charge in [-0.25, -0.2) is 14.5 Å². The van der Waals surface area contributed by atoms with E-state index in [4.69, 9.17) is 24.7 Å². The quantitative estimate of drug-likeness (QED) is 0.355. The van der Waals surface area contributed by atoms with Crippen molar-refractivity contribution in [2.24, 2.45) is 0 Å². The zero-order valence-corrected chi connectivity index (χ0v) is 15.1. The Hall–Kier alpha value is -2.31. The summed E-state index contributed by atoms with van der Waals surface area (Å²) in [6.45, 7) is -0.611. The van der Waals surface area contributed by atoms with Crippen molar-refractivity contribution in [2.45, 2.75) is 24.5 Å². The average molecular weight is 412 g/mol. The van der Waals surface area contributed by atoms with Crippen LogP contribution in [0.1, 0.15) is 6.23 Å². The molecule has 3 aromatic heterocycles. The predicted octanol–water partition coefficient (Wildman–Crippen LogP) is 0.00200. The number of ether oxygens (including phenoxy) is 1. The van der Waals surface area contributed by atoms with E-state index < -0.39 is 39.0 Å². The number of anilines is 1. The smallest absolute Gasteiger partial charge is 0.464 e. The van der Waals surface area contributed by atoms with Crippen molar-refractivity contribution in [3.8, 4) is 11.3 Å². The van der Waals surface area contributed by atoms with Gasteiger partial charge < -0.3 is 39.5 Å². The van der Waals surface area contributed by atoms with Crippen LogP contribution in [0.5, 0.6) is 0 Å². The van der Waals surface area contributed by atoms with Gasteiger partial charge in [-0.1, -0.05) is 0 Å². The first-order chi connectivity index (χ1) is 13.3. The Labute approximate surface area is 157 Å². The average Bonchev–Trinajstić information content (AvgIpc) is 3.33. The molecule has 4 heterocycles. The molecule has 150 valence electrons. The molecular weight excluding hydrogens is 395 g/mol. The largest absolute Gasteiger partial charge is 0.469 e. The molecule has 4 rings (SSSR count). The summed E-state index contributed by atoms with van der Waals surface area (Å²) in [4.78, 5) is 25.8. The Balaban J connectivity index is 1.73. The molecule has 0 amide bonds. The maximum Gasteiger partial charge on any atom is 0.469 e. The first-order valence-corrected chi connectivity index (χ1v) is 9.66. The normalized spacial score (nSPS) is 25.6. The first kappa shape index (κ1) is 19.0. The number of hydrogen-bond acceptors (Lipinski definition) is 9. The second-order valence-electron chi connectivity index (χ2n) is 6.22. The molecule has 0 saturated carbocycles. The highest BCUT2D eigenvalue weighted by Crippen LogP contribution is 2.40. The van der Waals surface area contributed by atoms with E-state index >= 15 is 0 Å². The van der Waals surface area contributed by atoms with Crippen molar-refractivity contribution in [2.75, 3.05) is 12.3 Å². The van der Waals surface area contributed by atoms with Crippen LogP contribution in [0.3, 0.4) is 0 Å². The monoisotopic (exact) mass is 412 g/mol. The van der Waals surface area contributed by atoms with Crippen molar-refractivity contribution < 1.29 is 38.2 Å². The van der Waals surface area contributed by atoms with Crippen LogP contribution >= 0.6 is 7.82 Å². The number of nitrogen functional groups attached to an aromatic ring is 1. The molecular formula is C15H17N4O8P. The number of rotatable bonds is 5. The minimum Gasteiger partial charge on any atom is -0.464 e. The van der Waals surface area contributed by atoms with Gasteiger partial charge in [0, 0.05) is 11.8 Å². The van der Waals surface area contributed by atoms with Crippen LogP contribution in [0.15, 0.2) is 35.3 Å². The van der Waals surface area contributed by atoms with Gasteiger partial charge in [-0.3, -0.25) is 4.52 Å². The van der Waals surface area contributed by atoms with Crippen LogP contribution in [0, 0.1) is 0 Å². The minimum atomic E-state index is -4.76. The molecule has 12 nitrogen and oxygen atoms in total. The van der Waals surface area contributed by atoms with Gasteiger partial charge in [-0.15, -0.1) is 0 Å². The summed E-state index contributed by atoms with van der Waals surface area (Å²) in [5.41, 5.74) is 6.87. The summed E-state index contributed by atoms with van der Waals surface area (Å²) >= 11 is 0. The second kappa shape index (κ2) is 6.94. The van der Waals surface area contributed by atoms with Gasteiger partial charge >= 0.3 is 7.82 Å². The summed E-state index contributed by atoms with van der Waals surface area (Å²) < 4.78 is 27.8. The second-order valence-corrected chi connectivity index (χ2v) is 7.46. The van der Waals surface area contributed by atoms with Crippen molar-refractivity contribution in [3.05, 3.63) is 30.9 Å². The molecule has 4 atom stereocenters. The summed E-state index contributed by atoms with van der Waals surface area (Å²) in [6, 6.07) is 3.40. The van der Waals surface area contributed by atoms with E-state index in [2.05, 4.69) is 14.5 Å². The number of nitrogens with zero attached hydrogens (tertiary/aromatic N) is 3. The summed E-state index contributed by atoms with van der Waals surface area (Å²) in [5.74, 6) is 0.671. The molecule has 0 spiro atoms. The van der Waals surface area contributed by atoms with Crippen molar-refractivity contribution in [1.82, 2.24) is 14.5 Å². The lowest BCUT2D eigenvalue weighted by Crippen LogP contribution is -2.33. The Bertz CT molecular complexity index is 1030. The van der Waals surface area contributed by atoms with E-state index in [1.807, 2.05) is 0 Å². The van der Waals surface area contributed by atoms with Crippen molar-refractivity contribution >= 4 is 24.7 Å². The SMILES string of the molecule is Nc1ncnc2c1c(-c1ccco1)cn2C1OC(COP(=O)(O)O)C(O)C1O. The van der Waals surface area contributed by atoms with E-state index in [1.54, 1.807) is 18.3 Å². The van der Waals surface area contributed by atoms with Crippen LogP contribution in [0.2, 0.25) is 0 Å². The number of nitrogens with two attached hydrogens (primary N) is 1. The molecule has 0 aromatic carbocycles. The van der Waals surface area contributed by atoms with E-state index in [9.17, 15) is 14.8 Å². The zero-order valence-electron chi connectivity index (χ0n) is 14.2. The van der Waals surface area contributed by atoms with Gasteiger partial charge in [-0.05, 0) is 12.1 Å². The van der Waals surface area contributed by atoms with Crippen molar-refractivity contribution in [3.63, 3.8) is 0 Å². The molecule has 3 aromatic rings. The summed E-state index contributed by atoms with van der Waals surface area (Å²) in [5, 5.41) is 21.1. The highest BCUT2D eigenvalue weighted by atomic mass is 31.2. The van der Waals surface area contributed by atoms with Crippen molar-refractivity contribution in [1.29, 1.82) is 0 Å². The molecule has 1 aliphatic heterocycles. The fourth-order valence-corrected chi connectivity index (χ4v) is 3.53. The highest BCUT2D eigenvalue weighted by molar-refractivity contribution is 7.46. The van der Waals surface area contributed by atoms with Crippen LogP contribution < -0.4 is 5.73 Å². The number of aliphatic hydroxyl groups is 2. The lowest BCUT2D eigenvalue weighted by molar-refractivity contribution is -0.0501. The van der Waals surface area contributed by atoms with E-state index in [0.717, 1.165) is 0 Å². The fraction of sp³-hybridized carbons (Fsp3) is 0.333. The van der Waals surface area contributed by atoms with Crippen LogP contribution in [-0.2, 0) is 13.8 Å². The number of hydrogen-bond donors (Lipinski definition) is 5. The molecule has 1 aliphatic rings. The Morgan fingerprint density at radius 1 is 1.29 bits per heavy atom. The van der Waals surface area contributed by atoms with Crippen LogP contribution in [0.4, 0.5) is 5.82 Å².